The maximum atomic E-state index is 12.7. The molecule has 2 aromatic heterocycles. The van der Waals surface area contributed by atoms with Gasteiger partial charge in [0.2, 0.25) is 0 Å². The van der Waals surface area contributed by atoms with Crippen molar-refractivity contribution in [2.24, 2.45) is 0 Å². The van der Waals surface area contributed by atoms with E-state index < -0.39 is 5.60 Å². The van der Waals surface area contributed by atoms with Crippen molar-refractivity contribution in [3.05, 3.63) is 23.7 Å². The highest BCUT2D eigenvalue weighted by Gasteiger charge is 2.45. The summed E-state index contributed by atoms with van der Waals surface area (Å²) in [5, 5.41) is 14.1. The van der Waals surface area contributed by atoms with Crippen LogP contribution in [0.4, 0.5) is 9.93 Å². The zero-order chi connectivity index (χ0) is 21.0. The van der Waals surface area contributed by atoms with Crippen LogP contribution in [0, 0.1) is 0 Å². The number of fused-ring (bicyclic) bond motifs is 3. The number of phenolic OH excluding ortho intramolecular Hbond substituents is 1. The predicted octanol–water partition coefficient (Wildman–Crippen LogP) is 4.71. The molecule has 4 heterocycles. The number of aromatic hydroxyl groups is 1. The van der Waals surface area contributed by atoms with Gasteiger partial charge in [-0.2, -0.15) is 0 Å². The Labute approximate surface area is 182 Å². The monoisotopic (exact) mass is 444 g/mol. The molecule has 0 saturated carbocycles. The number of aromatic nitrogens is 2. The smallest absolute Gasteiger partial charge is 0.410 e. The van der Waals surface area contributed by atoms with Gasteiger partial charge in [-0.1, -0.05) is 11.3 Å². The molecular weight excluding hydrogens is 420 g/mol. The number of nitrogens with zero attached hydrogens (tertiary/aromatic N) is 4. The topological polar surface area (TPSA) is 78.8 Å². The van der Waals surface area contributed by atoms with Crippen molar-refractivity contribution in [3.63, 3.8) is 0 Å². The van der Waals surface area contributed by atoms with E-state index in [1.54, 1.807) is 34.9 Å². The highest BCUT2D eigenvalue weighted by atomic mass is 32.1. The number of ether oxygens (including phenoxy) is 1. The maximum Gasteiger partial charge on any atom is 0.410 e. The second-order valence-electron chi connectivity index (χ2n) is 8.82. The first kappa shape index (κ1) is 19.6. The van der Waals surface area contributed by atoms with Crippen LogP contribution in [-0.2, 0) is 4.74 Å². The van der Waals surface area contributed by atoms with Crippen LogP contribution >= 0.6 is 22.7 Å². The second-order valence-corrected chi connectivity index (χ2v) is 10.7. The minimum Gasteiger partial charge on any atom is -0.506 e. The van der Waals surface area contributed by atoms with E-state index in [0.717, 1.165) is 46.3 Å². The van der Waals surface area contributed by atoms with Crippen LogP contribution in [0.5, 0.6) is 5.75 Å². The molecule has 0 radical (unpaired) electrons. The van der Waals surface area contributed by atoms with E-state index in [1.807, 2.05) is 37.1 Å². The Morgan fingerprint density at radius 3 is 2.60 bits per heavy atom. The molecule has 2 aliphatic rings. The van der Waals surface area contributed by atoms with Gasteiger partial charge in [-0.25, -0.2) is 14.8 Å². The zero-order valence-corrected chi connectivity index (χ0v) is 18.8. The minimum absolute atomic E-state index is 0.123. The van der Waals surface area contributed by atoms with Gasteiger partial charge in [-0.05, 0) is 45.7 Å². The fraction of sp³-hybridized carbons (Fsp3) is 0.476. The zero-order valence-electron chi connectivity index (χ0n) is 17.2. The fourth-order valence-corrected chi connectivity index (χ4v) is 6.17. The molecule has 2 bridgehead atoms. The maximum absolute atomic E-state index is 12.7. The number of carbonyl (C=O) groups is 1. The standard InChI is InChI=1S/C21H24N4O3S2/c1-21(2,3)28-20(27)25-12-4-5-13(25)11-24(10-12)19-23-16-15(26)7-6-14(17(16)30-19)18-22-8-9-29-18/h6-9,12-13,26H,4-5,10-11H2,1-3H3. The second kappa shape index (κ2) is 7.09. The molecule has 1 aromatic carbocycles. The van der Waals surface area contributed by atoms with Crippen LogP contribution in [0.25, 0.3) is 20.8 Å². The number of rotatable bonds is 2. The van der Waals surface area contributed by atoms with Crippen molar-refractivity contribution in [1.82, 2.24) is 14.9 Å². The Bertz CT molecular complexity index is 1080. The van der Waals surface area contributed by atoms with Crippen molar-refractivity contribution in [1.29, 1.82) is 0 Å². The summed E-state index contributed by atoms with van der Waals surface area (Å²) in [6.45, 7) is 7.15. The number of amides is 1. The lowest BCUT2D eigenvalue weighted by molar-refractivity contribution is 0.0123. The molecule has 158 valence electrons. The van der Waals surface area contributed by atoms with Gasteiger partial charge in [0.1, 0.15) is 21.9 Å². The van der Waals surface area contributed by atoms with Crippen LogP contribution in [0.2, 0.25) is 0 Å². The van der Waals surface area contributed by atoms with Crippen molar-refractivity contribution >= 4 is 44.1 Å². The summed E-state index contributed by atoms with van der Waals surface area (Å²) >= 11 is 3.16. The SMILES string of the molecule is CC(C)(C)OC(=O)N1C2CCC1CN(c1nc3c(O)ccc(-c4nccs4)c3s1)C2. The lowest BCUT2D eigenvalue weighted by atomic mass is 10.2. The Hall–Kier alpha value is -2.39. The predicted molar refractivity (Wildman–Crippen MR) is 119 cm³/mol. The third-order valence-electron chi connectivity index (χ3n) is 5.53. The molecule has 2 atom stereocenters. The van der Waals surface area contributed by atoms with Gasteiger partial charge in [0.05, 0.1) is 16.8 Å². The first-order valence-corrected chi connectivity index (χ1v) is 11.8. The Morgan fingerprint density at radius 2 is 1.97 bits per heavy atom. The summed E-state index contributed by atoms with van der Waals surface area (Å²) in [6.07, 6.45) is 3.51. The summed E-state index contributed by atoms with van der Waals surface area (Å²) in [4.78, 5) is 26.1. The third kappa shape index (κ3) is 3.39. The normalized spacial score (nSPS) is 21.4. The number of thiazole rings is 2. The molecule has 7 nitrogen and oxygen atoms in total. The van der Waals surface area contributed by atoms with E-state index in [4.69, 9.17) is 9.72 Å². The number of phenols is 1. The van der Waals surface area contributed by atoms with Crippen molar-refractivity contribution in [2.45, 2.75) is 51.3 Å². The van der Waals surface area contributed by atoms with E-state index in [9.17, 15) is 9.90 Å². The number of carbonyl (C=O) groups excluding carboxylic acids is 1. The number of benzene rings is 1. The molecule has 1 amide bonds. The van der Waals surface area contributed by atoms with E-state index in [-0.39, 0.29) is 23.9 Å². The van der Waals surface area contributed by atoms with E-state index in [0.29, 0.717) is 5.52 Å². The van der Waals surface area contributed by atoms with Crippen LogP contribution < -0.4 is 4.90 Å². The van der Waals surface area contributed by atoms with Gasteiger partial charge >= 0.3 is 6.09 Å². The van der Waals surface area contributed by atoms with Crippen LogP contribution in [0.1, 0.15) is 33.6 Å². The van der Waals surface area contributed by atoms with Crippen molar-refractivity contribution in [2.75, 3.05) is 18.0 Å². The molecule has 0 aliphatic carbocycles. The highest BCUT2D eigenvalue weighted by molar-refractivity contribution is 7.23. The average molecular weight is 445 g/mol. The number of hydrogen-bond acceptors (Lipinski definition) is 8. The third-order valence-corrected chi connectivity index (χ3v) is 7.49. The first-order chi connectivity index (χ1) is 14.3. The van der Waals surface area contributed by atoms with Gasteiger partial charge < -0.3 is 14.7 Å². The minimum atomic E-state index is -0.496. The summed E-state index contributed by atoms with van der Waals surface area (Å²) in [6, 6.07) is 3.84. The molecule has 2 saturated heterocycles. The number of piperazine rings is 1. The van der Waals surface area contributed by atoms with Crippen LogP contribution in [0.3, 0.4) is 0 Å². The van der Waals surface area contributed by atoms with Gasteiger partial charge in [0.25, 0.3) is 0 Å². The van der Waals surface area contributed by atoms with Crippen molar-refractivity contribution < 1.29 is 14.6 Å². The largest absolute Gasteiger partial charge is 0.506 e. The Balaban J connectivity index is 1.43. The van der Waals surface area contributed by atoms with Crippen LogP contribution in [0.15, 0.2) is 23.7 Å². The molecule has 0 spiro atoms. The highest BCUT2D eigenvalue weighted by Crippen LogP contribution is 2.42. The molecule has 2 unspecified atom stereocenters. The lowest BCUT2D eigenvalue weighted by Gasteiger charge is -2.41. The molecule has 2 aliphatic heterocycles. The molecule has 3 aromatic rings. The summed E-state index contributed by atoms with van der Waals surface area (Å²) in [7, 11) is 0. The van der Waals surface area contributed by atoms with Gasteiger partial charge in [0.15, 0.2) is 5.13 Å². The summed E-state index contributed by atoms with van der Waals surface area (Å²) in [5.74, 6) is 0.183. The summed E-state index contributed by atoms with van der Waals surface area (Å²) in [5.41, 5.74) is 1.12. The van der Waals surface area contributed by atoms with Gasteiger partial charge in [-0.15, -0.1) is 11.3 Å². The van der Waals surface area contributed by atoms with E-state index in [2.05, 4.69) is 9.88 Å². The molecular formula is C21H24N4O3S2. The number of anilines is 1. The molecule has 1 N–H and O–H groups in total. The quantitative estimate of drug-likeness (QED) is 0.617. The van der Waals surface area contributed by atoms with Crippen molar-refractivity contribution in [3.8, 4) is 16.3 Å². The summed E-state index contributed by atoms with van der Waals surface area (Å²) < 4.78 is 6.58. The lowest BCUT2D eigenvalue weighted by Crippen LogP contribution is -2.56. The molecule has 5 rings (SSSR count). The fourth-order valence-electron chi connectivity index (χ4n) is 4.31. The average Bonchev–Trinajstić information content (AvgIpc) is 3.39. The van der Waals surface area contributed by atoms with Crippen LogP contribution in [-0.4, -0.2) is 56.8 Å². The van der Waals surface area contributed by atoms with Gasteiger partial charge in [-0.3, -0.25) is 4.90 Å². The number of hydrogen-bond donors (Lipinski definition) is 1. The van der Waals surface area contributed by atoms with Gasteiger partial charge in [0, 0.05) is 30.2 Å². The molecule has 30 heavy (non-hydrogen) atoms. The first-order valence-electron chi connectivity index (χ1n) is 10.1. The molecule has 9 heteroatoms. The Morgan fingerprint density at radius 1 is 1.23 bits per heavy atom. The van der Waals surface area contributed by atoms with E-state index in [1.165, 1.54) is 0 Å². The van der Waals surface area contributed by atoms with E-state index >= 15 is 0 Å². The Kier molecular flexibility index (Phi) is 4.62. The molecule has 2 fully saturated rings.